The van der Waals surface area contributed by atoms with E-state index >= 15 is 0 Å². The van der Waals surface area contributed by atoms with E-state index in [1.54, 1.807) is 54.6 Å². The summed E-state index contributed by atoms with van der Waals surface area (Å²) in [4.78, 5) is 37.3. The number of methoxy groups -OCH3 is 3. The number of carbonyl (C=O) groups is 3. The first-order valence-electron chi connectivity index (χ1n) is 12.9. The maximum absolute atomic E-state index is 13.5. The second-order valence-corrected chi connectivity index (χ2v) is 9.56. The van der Waals surface area contributed by atoms with Crippen LogP contribution in [0.25, 0.3) is 17.4 Å². The average molecular weight is 569 g/mol. The van der Waals surface area contributed by atoms with Crippen molar-refractivity contribution in [3.8, 4) is 40.1 Å². The minimum Gasteiger partial charge on any atom is -0.496 e. The lowest BCUT2D eigenvalue weighted by Gasteiger charge is -2.24. The van der Waals surface area contributed by atoms with Gasteiger partial charge in [0, 0.05) is 22.8 Å². The third-order valence-corrected chi connectivity index (χ3v) is 7.19. The highest BCUT2D eigenvalue weighted by Gasteiger charge is 2.40. The Balaban J connectivity index is 1.39. The number of Topliss-reactive ketones (excluding diaryl/α,β-unsaturated/α-hetero) is 1. The van der Waals surface area contributed by atoms with Gasteiger partial charge < -0.3 is 33.2 Å². The molecule has 3 aromatic carbocycles. The molecule has 6 rings (SSSR count). The van der Waals surface area contributed by atoms with Crippen molar-refractivity contribution in [1.29, 1.82) is 0 Å². The fourth-order valence-corrected chi connectivity index (χ4v) is 5.13. The third-order valence-electron chi connectivity index (χ3n) is 7.19. The van der Waals surface area contributed by atoms with Gasteiger partial charge in [0.15, 0.2) is 17.3 Å². The number of carboxylic acid groups (broad SMARTS) is 1. The van der Waals surface area contributed by atoms with E-state index in [2.05, 4.69) is 0 Å². The molecule has 0 saturated carbocycles. The number of ketones is 1. The molecule has 3 heterocycles. The second kappa shape index (κ2) is 10.5. The van der Waals surface area contributed by atoms with Crippen LogP contribution in [0, 0.1) is 0 Å². The van der Waals surface area contributed by atoms with Crippen molar-refractivity contribution in [3.63, 3.8) is 0 Å². The summed E-state index contributed by atoms with van der Waals surface area (Å²) in [5.41, 5.74) is 2.20. The van der Waals surface area contributed by atoms with Gasteiger partial charge in [0.05, 0.1) is 44.8 Å². The zero-order chi connectivity index (χ0) is 29.5. The zero-order valence-corrected chi connectivity index (χ0v) is 22.8. The number of esters is 1. The number of ether oxygens (including phenoxy) is 5. The quantitative estimate of drug-likeness (QED) is 0.168. The highest BCUT2D eigenvalue weighted by atomic mass is 16.5. The summed E-state index contributed by atoms with van der Waals surface area (Å²) in [5.74, 6) is 0.509. The molecular formula is C32H24O10. The molecule has 0 fully saturated rings. The van der Waals surface area contributed by atoms with Crippen molar-refractivity contribution in [2.45, 2.75) is 12.3 Å². The number of fused-ring (bicyclic) bond motifs is 3. The summed E-state index contributed by atoms with van der Waals surface area (Å²) in [7, 11) is 4.52. The molecule has 0 radical (unpaired) electrons. The minimum absolute atomic E-state index is 0.0333. The van der Waals surface area contributed by atoms with E-state index in [4.69, 9.17) is 28.1 Å². The van der Waals surface area contributed by atoms with E-state index < -0.39 is 17.9 Å². The molecule has 2 aliphatic heterocycles. The van der Waals surface area contributed by atoms with E-state index in [0.29, 0.717) is 51.0 Å². The number of hydrogen-bond acceptors (Lipinski definition) is 9. The highest BCUT2D eigenvalue weighted by molar-refractivity contribution is 6.15. The average Bonchev–Trinajstić information content (AvgIpc) is 3.61. The lowest BCUT2D eigenvalue weighted by Crippen LogP contribution is -2.21. The Bertz CT molecular complexity index is 1780. The maximum atomic E-state index is 13.5. The van der Waals surface area contributed by atoms with Crippen LogP contribution in [-0.4, -0.2) is 44.2 Å². The summed E-state index contributed by atoms with van der Waals surface area (Å²) in [6, 6.07) is 16.2. The Kier molecular flexibility index (Phi) is 6.66. The monoisotopic (exact) mass is 568 g/mol. The van der Waals surface area contributed by atoms with Gasteiger partial charge in [-0.1, -0.05) is 12.1 Å². The number of allylic oxidation sites excluding steroid dienone is 1. The van der Waals surface area contributed by atoms with Crippen LogP contribution in [-0.2, 0) is 4.79 Å². The first kappa shape index (κ1) is 26.7. The Hall–Kier alpha value is -5.51. The van der Waals surface area contributed by atoms with E-state index in [0.717, 1.165) is 0 Å². The van der Waals surface area contributed by atoms with Gasteiger partial charge >= 0.3 is 11.9 Å². The first-order chi connectivity index (χ1) is 20.3. The van der Waals surface area contributed by atoms with Crippen LogP contribution in [0.15, 0.2) is 70.8 Å². The topological polar surface area (TPSA) is 131 Å². The predicted molar refractivity (Wildman–Crippen MR) is 149 cm³/mol. The van der Waals surface area contributed by atoms with Crippen molar-refractivity contribution >= 4 is 23.8 Å². The van der Waals surface area contributed by atoms with Gasteiger partial charge in [-0.2, -0.15) is 0 Å². The Morgan fingerprint density at radius 3 is 2.29 bits per heavy atom. The standard InChI is InChI=1S/C32H24O10/c1-37-24-15-26(39-3)25(38-2)12-18(24)13-27-30(34)19-8-9-23-29(31(19)42-27)20(14-28(33)41-23)22-11-10-21(40-22)16-4-6-17(7-5-16)32(35)36/h4-13,15,20H,14H2,1-3H3,(H,35,36)/b27-13-/t20-/m1/s1. The zero-order valence-electron chi connectivity index (χ0n) is 22.8. The normalized spacial score (nSPS) is 16.4. The largest absolute Gasteiger partial charge is 0.496 e. The van der Waals surface area contributed by atoms with Gasteiger partial charge in [-0.15, -0.1) is 0 Å². The first-order valence-corrected chi connectivity index (χ1v) is 12.9. The van der Waals surface area contributed by atoms with Crippen LogP contribution in [0.4, 0.5) is 0 Å². The van der Waals surface area contributed by atoms with Gasteiger partial charge in [0.25, 0.3) is 0 Å². The fourth-order valence-electron chi connectivity index (χ4n) is 5.13. The van der Waals surface area contributed by atoms with Gasteiger partial charge in [-0.3, -0.25) is 9.59 Å². The number of hydrogen-bond donors (Lipinski definition) is 1. The van der Waals surface area contributed by atoms with Crippen molar-refractivity contribution in [2.75, 3.05) is 21.3 Å². The summed E-state index contributed by atoms with van der Waals surface area (Å²) < 4.78 is 34.1. The van der Waals surface area contributed by atoms with Crippen LogP contribution in [0.2, 0.25) is 0 Å². The number of rotatable bonds is 7. The van der Waals surface area contributed by atoms with E-state index in [1.807, 2.05) is 0 Å². The summed E-state index contributed by atoms with van der Waals surface area (Å²) >= 11 is 0. The lowest BCUT2D eigenvalue weighted by atomic mass is 9.88. The Morgan fingerprint density at radius 1 is 0.881 bits per heavy atom. The van der Waals surface area contributed by atoms with Crippen molar-refractivity contribution < 1.29 is 47.6 Å². The molecule has 0 unspecified atom stereocenters. The van der Waals surface area contributed by atoms with Crippen LogP contribution < -0.4 is 23.7 Å². The molecule has 42 heavy (non-hydrogen) atoms. The van der Waals surface area contributed by atoms with Crippen molar-refractivity contribution in [3.05, 3.63) is 94.4 Å². The molecule has 1 aromatic heterocycles. The van der Waals surface area contributed by atoms with Crippen LogP contribution in [0.3, 0.4) is 0 Å². The molecule has 0 aliphatic carbocycles. The molecule has 4 aromatic rings. The molecule has 10 nitrogen and oxygen atoms in total. The molecule has 0 saturated heterocycles. The Morgan fingerprint density at radius 2 is 1.60 bits per heavy atom. The van der Waals surface area contributed by atoms with Crippen LogP contribution >= 0.6 is 0 Å². The number of furan rings is 1. The molecule has 212 valence electrons. The van der Waals surface area contributed by atoms with Gasteiger partial charge in [-0.05, 0) is 48.5 Å². The van der Waals surface area contributed by atoms with Gasteiger partial charge in [0.1, 0.15) is 28.8 Å². The predicted octanol–water partition coefficient (Wildman–Crippen LogP) is 5.73. The molecule has 1 N–H and O–H groups in total. The molecule has 0 spiro atoms. The molecule has 2 aliphatic rings. The van der Waals surface area contributed by atoms with Crippen molar-refractivity contribution in [1.82, 2.24) is 0 Å². The molecule has 0 amide bonds. The second-order valence-electron chi connectivity index (χ2n) is 9.56. The molecular weight excluding hydrogens is 544 g/mol. The summed E-state index contributed by atoms with van der Waals surface area (Å²) in [6.45, 7) is 0. The SMILES string of the molecule is COc1cc(OC)c(OC)cc1/C=C1\Oc2c(ccc3c2[C@@H](c2ccc(-c4ccc(C(=O)O)cc4)o2)CC(=O)O3)C1=O. The van der Waals surface area contributed by atoms with Gasteiger partial charge in [0.2, 0.25) is 5.78 Å². The third kappa shape index (κ3) is 4.52. The minimum atomic E-state index is -1.03. The van der Waals surface area contributed by atoms with E-state index in [9.17, 15) is 19.5 Å². The molecule has 1 atom stereocenters. The number of benzene rings is 3. The smallest absolute Gasteiger partial charge is 0.335 e. The molecule has 10 heteroatoms. The number of carbonyl (C=O) groups excluding carboxylic acids is 2. The number of carboxylic acids is 1. The maximum Gasteiger partial charge on any atom is 0.335 e. The Labute approximate surface area is 239 Å². The number of aromatic carboxylic acids is 1. The lowest BCUT2D eigenvalue weighted by molar-refractivity contribution is -0.135. The van der Waals surface area contributed by atoms with Crippen molar-refractivity contribution in [2.24, 2.45) is 0 Å². The molecule has 0 bridgehead atoms. The van der Waals surface area contributed by atoms with E-state index in [1.165, 1.54) is 33.5 Å². The van der Waals surface area contributed by atoms with Crippen LogP contribution in [0.5, 0.6) is 28.7 Å². The fraction of sp³-hybridized carbons (Fsp3) is 0.156. The summed E-state index contributed by atoms with van der Waals surface area (Å²) in [6.07, 6.45) is 1.53. The van der Waals surface area contributed by atoms with Crippen LogP contribution in [0.1, 0.15) is 49.9 Å². The van der Waals surface area contributed by atoms with E-state index in [-0.39, 0.29) is 35.0 Å². The van der Waals surface area contributed by atoms with Gasteiger partial charge in [-0.25, -0.2) is 4.79 Å². The highest BCUT2D eigenvalue weighted by Crippen LogP contribution is 2.50. The summed E-state index contributed by atoms with van der Waals surface area (Å²) in [5, 5.41) is 9.18.